The summed E-state index contributed by atoms with van der Waals surface area (Å²) in [5.74, 6) is 1.16. The lowest BCUT2D eigenvalue weighted by Crippen LogP contribution is -2.40. The van der Waals surface area contributed by atoms with Gasteiger partial charge in [-0.3, -0.25) is 4.79 Å². The highest BCUT2D eigenvalue weighted by molar-refractivity contribution is 7.91. The summed E-state index contributed by atoms with van der Waals surface area (Å²) >= 11 is 0. The van der Waals surface area contributed by atoms with E-state index in [-0.39, 0.29) is 29.9 Å². The summed E-state index contributed by atoms with van der Waals surface area (Å²) < 4.78 is 34.4. The van der Waals surface area contributed by atoms with E-state index < -0.39 is 9.84 Å². The maximum atomic E-state index is 12.9. The topological polar surface area (TPSA) is 72.9 Å². The molecule has 3 rings (SSSR count). The molecule has 0 radical (unpaired) electrons. The van der Waals surface area contributed by atoms with E-state index in [9.17, 15) is 13.2 Å². The highest BCUT2D eigenvalue weighted by Gasteiger charge is 2.33. The van der Waals surface area contributed by atoms with Crippen LogP contribution in [0.1, 0.15) is 16.8 Å². The molecular formula is C20H23NO5S. The number of nitrogens with zero attached hydrogens (tertiary/aromatic N) is 1. The molecule has 2 aromatic rings. The van der Waals surface area contributed by atoms with Crippen molar-refractivity contribution < 1.29 is 22.7 Å². The normalized spacial score (nSPS) is 18.1. The van der Waals surface area contributed by atoms with Gasteiger partial charge in [0, 0.05) is 17.3 Å². The summed E-state index contributed by atoms with van der Waals surface area (Å²) in [6.45, 7) is 0.0969. The zero-order valence-corrected chi connectivity index (χ0v) is 16.2. The number of Topliss-reactive ketones (excluding diaryl/α,β-unsaturated/α-hetero) is 1. The van der Waals surface area contributed by atoms with E-state index in [1.165, 1.54) is 14.2 Å². The van der Waals surface area contributed by atoms with Gasteiger partial charge in [-0.15, -0.1) is 0 Å². The molecule has 1 atom stereocenters. The third-order valence-corrected chi connectivity index (χ3v) is 6.51. The first-order valence-corrected chi connectivity index (χ1v) is 10.5. The molecule has 2 aromatic carbocycles. The Balaban J connectivity index is 1.87. The first kappa shape index (κ1) is 19.2. The van der Waals surface area contributed by atoms with Crippen molar-refractivity contribution in [1.82, 2.24) is 0 Å². The van der Waals surface area contributed by atoms with Crippen molar-refractivity contribution in [2.45, 2.75) is 12.5 Å². The van der Waals surface area contributed by atoms with Crippen molar-refractivity contribution in [3.63, 3.8) is 0 Å². The van der Waals surface area contributed by atoms with Crippen LogP contribution in [0.5, 0.6) is 11.5 Å². The molecule has 0 saturated carbocycles. The molecule has 27 heavy (non-hydrogen) atoms. The van der Waals surface area contributed by atoms with E-state index in [2.05, 4.69) is 0 Å². The Morgan fingerprint density at radius 2 is 1.78 bits per heavy atom. The number of benzene rings is 2. The Bertz CT molecular complexity index is 911. The lowest BCUT2D eigenvalue weighted by atomic mass is 10.1. The van der Waals surface area contributed by atoms with Gasteiger partial charge in [0.25, 0.3) is 0 Å². The summed E-state index contributed by atoms with van der Waals surface area (Å²) in [4.78, 5) is 14.8. The average Bonchev–Trinajstić information content (AvgIpc) is 3.05. The van der Waals surface area contributed by atoms with Crippen LogP contribution in [0.2, 0.25) is 0 Å². The maximum absolute atomic E-state index is 12.9. The van der Waals surface area contributed by atoms with Crippen LogP contribution in [0, 0.1) is 0 Å². The molecule has 1 fully saturated rings. The van der Waals surface area contributed by atoms with Crippen molar-refractivity contribution >= 4 is 21.3 Å². The Kier molecular flexibility index (Phi) is 5.70. The molecule has 0 aliphatic carbocycles. The second kappa shape index (κ2) is 8.00. The molecule has 144 valence electrons. The molecule has 7 heteroatoms. The van der Waals surface area contributed by atoms with E-state index in [1.807, 2.05) is 35.2 Å². The number of rotatable bonds is 7. The number of carbonyl (C=O) groups excluding carboxylic acids is 1. The SMILES string of the molecule is COc1ccc(C(=O)CN(c2ccccc2)[C@H]2CCS(=O)(=O)C2)cc1OC. The number of para-hydroxylation sites is 1. The Morgan fingerprint density at radius 1 is 1.07 bits per heavy atom. The van der Waals surface area contributed by atoms with Crippen molar-refractivity contribution in [3.05, 3.63) is 54.1 Å². The van der Waals surface area contributed by atoms with Gasteiger partial charge in [-0.2, -0.15) is 0 Å². The fourth-order valence-corrected chi connectivity index (χ4v) is 5.06. The minimum Gasteiger partial charge on any atom is -0.493 e. The third kappa shape index (κ3) is 4.42. The molecule has 1 aliphatic rings. The van der Waals surface area contributed by atoms with Crippen LogP contribution in [0.25, 0.3) is 0 Å². The fourth-order valence-electron chi connectivity index (χ4n) is 3.33. The minimum absolute atomic E-state index is 0.0705. The number of sulfone groups is 1. The summed E-state index contributed by atoms with van der Waals surface area (Å²) in [5.41, 5.74) is 1.34. The van der Waals surface area contributed by atoms with Gasteiger partial charge < -0.3 is 14.4 Å². The molecule has 0 aromatic heterocycles. The third-order valence-electron chi connectivity index (χ3n) is 4.76. The van der Waals surface area contributed by atoms with E-state index in [1.54, 1.807) is 18.2 Å². The molecule has 0 bridgehead atoms. The maximum Gasteiger partial charge on any atom is 0.182 e. The van der Waals surface area contributed by atoms with Gasteiger partial charge in [-0.1, -0.05) is 18.2 Å². The zero-order chi connectivity index (χ0) is 19.4. The first-order valence-electron chi connectivity index (χ1n) is 8.71. The predicted octanol–water partition coefficient (Wildman–Crippen LogP) is 2.58. The molecular weight excluding hydrogens is 366 g/mol. The van der Waals surface area contributed by atoms with Crippen LogP contribution in [-0.4, -0.2) is 52.5 Å². The molecule has 0 N–H and O–H groups in total. The van der Waals surface area contributed by atoms with Crippen LogP contribution in [-0.2, 0) is 9.84 Å². The van der Waals surface area contributed by atoms with Crippen LogP contribution in [0.4, 0.5) is 5.69 Å². The molecule has 1 saturated heterocycles. The highest BCUT2D eigenvalue weighted by Crippen LogP contribution is 2.29. The van der Waals surface area contributed by atoms with Crippen molar-refractivity contribution in [2.75, 3.05) is 37.2 Å². The van der Waals surface area contributed by atoms with Crippen LogP contribution in [0.15, 0.2) is 48.5 Å². The van der Waals surface area contributed by atoms with Gasteiger partial charge in [0.15, 0.2) is 27.1 Å². The number of anilines is 1. The average molecular weight is 389 g/mol. The highest BCUT2D eigenvalue weighted by atomic mass is 32.2. The summed E-state index contributed by atoms with van der Waals surface area (Å²) in [7, 11) is 0.000235. The molecule has 0 unspecified atom stereocenters. The monoisotopic (exact) mass is 389 g/mol. The number of ether oxygens (including phenoxy) is 2. The van der Waals surface area contributed by atoms with Gasteiger partial charge in [-0.25, -0.2) is 8.42 Å². The van der Waals surface area contributed by atoms with Crippen molar-refractivity contribution in [1.29, 1.82) is 0 Å². The van der Waals surface area contributed by atoms with Crippen molar-refractivity contribution in [3.8, 4) is 11.5 Å². The molecule has 0 amide bonds. The van der Waals surface area contributed by atoms with Crippen LogP contribution >= 0.6 is 0 Å². The van der Waals surface area contributed by atoms with E-state index in [4.69, 9.17) is 9.47 Å². The van der Waals surface area contributed by atoms with Gasteiger partial charge in [-0.05, 0) is 36.8 Å². The predicted molar refractivity (Wildman–Crippen MR) is 105 cm³/mol. The van der Waals surface area contributed by atoms with Gasteiger partial charge in [0.1, 0.15) is 0 Å². The number of methoxy groups -OCH3 is 2. The van der Waals surface area contributed by atoms with Gasteiger partial charge in [0.2, 0.25) is 0 Å². The standard InChI is InChI=1S/C20H23NO5S/c1-25-19-9-8-15(12-20(19)26-2)18(22)13-21(16-6-4-3-5-7-16)17-10-11-27(23,24)14-17/h3-9,12,17H,10-11,13-14H2,1-2H3/t17-/m0/s1. The molecule has 0 spiro atoms. The van der Waals surface area contributed by atoms with Crippen molar-refractivity contribution in [2.24, 2.45) is 0 Å². The van der Waals surface area contributed by atoms with E-state index in [0.29, 0.717) is 23.5 Å². The Labute approximate surface area is 159 Å². The summed E-state index contributed by atoms with van der Waals surface area (Å²) in [5, 5.41) is 0. The van der Waals surface area contributed by atoms with E-state index >= 15 is 0 Å². The Morgan fingerprint density at radius 3 is 2.37 bits per heavy atom. The summed E-state index contributed by atoms with van der Waals surface area (Å²) in [6, 6.07) is 14.3. The molecule has 1 aliphatic heterocycles. The second-order valence-electron chi connectivity index (χ2n) is 6.51. The quantitative estimate of drug-likeness (QED) is 0.678. The fraction of sp³-hybridized carbons (Fsp3) is 0.350. The number of hydrogen-bond acceptors (Lipinski definition) is 6. The number of carbonyl (C=O) groups is 1. The zero-order valence-electron chi connectivity index (χ0n) is 15.4. The lowest BCUT2D eigenvalue weighted by Gasteiger charge is -2.30. The van der Waals surface area contributed by atoms with Gasteiger partial charge >= 0.3 is 0 Å². The second-order valence-corrected chi connectivity index (χ2v) is 8.74. The molecule has 1 heterocycles. The first-order chi connectivity index (χ1) is 12.9. The number of ketones is 1. The lowest BCUT2D eigenvalue weighted by molar-refractivity contribution is 0.0996. The summed E-state index contributed by atoms with van der Waals surface area (Å²) in [6.07, 6.45) is 0.524. The van der Waals surface area contributed by atoms with Crippen LogP contribution < -0.4 is 14.4 Å². The Hall–Kier alpha value is -2.54. The molecule has 6 nitrogen and oxygen atoms in total. The smallest absolute Gasteiger partial charge is 0.182 e. The largest absolute Gasteiger partial charge is 0.493 e. The van der Waals surface area contributed by atoms with Gasteiger partial charge in [0.05, 0.1) is 32.3 Å². The van der Waals surface area contributed by atoms with Crippen LogP contribution in [0.3, 0.4) is 0 Å². The van der Waals surface area contributed by atoms with E-state index in [0.717, 1.165) is 5.69 Å². The number of hydrogen-bond donors (Lipinski definition) is 0. The minimum atomic E-state index is -3.06.